The second-order valence-corrected chi connectivity index (χ2v) is 7.82. The predicted molar refractivity (Wildman–Crippen MR) is 83.2 cm³/mol. The van der Waals surface area contributed by atoms with Gasteiger partial charge in [-0.05, 0) is 30.5 Å². The Kier molecular flexibility index (Phi) is 5.60. The van der Waals surface area contributed by atoms with Gasteiger partial charge in [0.05, 0.1) is 5.02 Å². The topological polar surface area (TPSA) is 37.4 Å². The van der Waals surface area contributed by atoms with Gasteiger partial charge in [0.1, 0.15) is 4.90 Å². The summed E-state index contributed by atoms with van der Waals surface area (Å²) in [4.78, 5) is 0.0595. The van der Waals surface area contributed by atoms with Gasteiger partial charge in [0.2, 0.25) is 10.0 Å². The molecule has 0 N–H and O–H groups in total. The molecule has 1 fully saturated rings. The van der Waals surface area contributed by atoms with Crippen LogP contribution in [0.3, 0.4) is 0 Å². The van der Waals surface area contributed by atoms with E-state index in [1.165, 1.54) is 10.4 Å². The molecule has 2 rings (SSSR count). The van der Waals surface area contributed by atoms with E-state index in [0.29, 0.717) is 23.7 Å². The number of hydrogen-bond acceptors (Lipinski definition) is 2. The lowest BCUT2D eigenvalue weighted by Gasteiger charge is -2.21. The van der Waals surface area contributed by atoms with Crippen molar-refractivity contribution in [2.24, 2.45) is 0 Å². The van der Waals surface area contributed by atoms with Gasteiger partial charge in [0.25, 0.3) is 0 Å². The maximum absolute atomic E-state index is 12.7. The minimum atomic E-state index is -3.61. The molecule has 0 spiro atoms. The maximum Gasteiger partial charge on any atom is 0.244 e. The molecule has 20 heavy (non-hydrogen) atoms. The van der Waals surface area contributed by atoms with Crippen LogP contribution < -0.4 is 0 Å². The molecular formula is C13H16Cl3NO2S. The van der Waals surface area contributed by atoms with Crippen LogP contribution in [0, 0.1) is 0 Å². The SMILES string of the molecule is O=S(=O)(c1cc(Cl)cc(CCl)c1Cl)N1CCCCCC1. The van der Waals surface area contributed by atoms with Crippen LogP contribution in [-0.2, 0) is 15.9 Å². The molecule has 112 valence electrons. The van der Waals surface area contributed by atoms with Crippen molar-refractivity contribution in [2.45, 2.75) is 36.5 Å². The van der Waals surface area contributed by atoms with Crippen LogP contribution in [0.25, 0.3) is 0 Å². The second kappa shape index (κ2) is 6.84. The fourth-order valence-electron chi connectivity index (χ4n) is 2.32. The Morgan fingerprint density at radius 1 is 1.05 bits per heavy atom. The zero-order valence-electron chi connectivity index (χ0n) is 10.9. The molecule has 0 radical (unpaired) electrons. The average Bonchev–Trinajstić information content (AvgIpc) is 2.70. The van der Waals surface area contributed by atoms with Crippen LogP contribution in [0.15, 0.2) is 17.0 Å². The highest BCUT2D eigenvalue weighted by Crippen LogP contribution is 2.33. The van der Waals surface area contributed by atoms with E-state index in [9.17, 15) is 8.42 Å². The molecule has 0 aliphatic carbocycles. The molecule has 0 amide bonds. The van der Waals surface area contributed by atoms with Crippen molar-refractivity contribution in [3.05, 3.63) is 27.7 Å². The molecule has 1 aromatic carbocycles. The second-order valence-electron chi connectivity index (χ2n) is 4.83. The molecule has 1 heterocycles. The Labute approximate surface area is 134 Å². The molecule has 0 saturated carbocycles. The van der Waals surface area contributed by atoms with Gasteiger partial charge in [0, 0.05) is 24.0 Å². The number of nitrogens with zero attached hydrogens (tertiary/aromatic N) is 1. The zero-order chi connectivity index (χ0) is 14.8. The summed E-state index contributed by atoms with van der Waals surface area (Å²) in [5.74, 6) is 0.127. The minimum absolute atomic E-state index is 0.0595. The highest BCUT2D eigenvalue weighted by Gasteiger charge is 2.28. The van der Waals surface area contributed by atoms with Gasteiger partial charge in [-0.3, -0.25) is 0 Å². The monoisotopic (exact) mass is 355 g/mol. The van der Waals surface area contributed by atoms with Crippen molar-refractivity contribution in [3.63, 3.8) is 0 Å². The number of hydrogen-bond donors (Lipinski definition) is 0. The third kappa shape index (κ3) is 3.42. The van der Waals surface area contributed by atoms with Crippen LogP contribution in [0.5, 0.6) is 0 Å². The first-order valence-electron chi connectivity index (χ1n) is 6.51. The van der Waals surface area contributed by atoms with Gasteiger partial charge < -0.3 is 0 Å². The van der Waals surface area contributed by atoms with Crippen LogP contribution in [-0.4, -0.2) is 25.8 Å². The van der Waals surface area contributed by atoms with E-state index in [-0.39, 0.29) is 15.8 Å². The molecule has 1 aliphatic heterocycles. The van der Waals surface area contributed by atoms with E-state index < -0.39 is 10.0 Å². The summed E-state index contributed by atoms with van der Waals surface area (Å²) < 4.78 is 26.9. The third-order valence-corrected chi connectivity index (χ3v) is 6.39. The third-order valence-electron chi connectivity index (χ3n) is 3.41. The first kappa shape index (κ1) is 16.4. The van der Waals surface area contributed by atoms with E-state index in [2.05, 4.69) is 0 Å². The Balaban J connectivity index is 2.45. The van der Waals surface area contributed by atoms with Gasteiger partial charge in [-0.15, -0.1) is 11.6 Å². The van der Waals surface area contributed by atoms with Gasteiger partial charge in [-0.1, -0.05) is 36.0 Å². The number of benzene rings is 1. The smallest absolute Gasteiger partial charge is 0.207 e. The quantitative estimate of drug-likeness (QED) is 0.757. The molecule has 0 atom stereocenters. The summed E-state index contributed by atoms with van der Waals surface area (Å²) in [7, 11) is -3.61. The van der Waals surface area contributed by atoms with Crippen molar-refractivity contribution >= 4 is 44.8 Å². The average molecular weight is 357 g/mol. The molecule has 3 nitrogen and oxygen atoms in total. The van der Waals surface area contributed by atoms with E-state index in [1.54, 1.807) is 6.07 Å². The van der Waals surface area contributed by atoms with Gasteiger partial charge >= 0.3 is 0 Å². The summed E-state index contributed by atoms with van der Waals surface area (Å²) in [5, 5.41) is 0.507. The summed E-state index contributed by atoms with van der Waals surface area (Å²) in [6, 6.07) is 3.00. The molecule has 0 unspecified atom stereocenters. The first-order valence-corrected chi connectivity index (χ1v) is 9.24. The molecule has 1 aromatic rings. The number of halogens is 3. The lowest BCUT2D eigenvalue weighted by molar-refractivity contribution is 0.423. The van der Waals surface area contributed by atoms with E-state index in [4.69, 9.17) is 34.8 Å². The van der Waals surface area contributed by atoms with Crippen LogP contribution in [0.4, 0.5) is 0 Å². The molecule has 1 aliphatic rings. The highest BCUT2D eigenvalue weighted by molar-refractivity contribution is 7.89. The molecule has 1 saturated heterocycles. The summed E-state index contributed by atoms with van der Waals surface area (Å²) in [5.41, 5.74) is 0.536. The van der Waals surface area contributed by atoms with Crippen molar-refractivity contribution < 1.29 is 8.42 Å². The van der Waals surface area contributed by atoms with Crippen molar-refractivity contribution in [3.8, 4) is 0 Å². The fraction of sp³-hybridized carbons (Fsp3) is 0.538. The zero-order valence-corrected chi connectivity index (χ0v) is 14.0. The number of rotatable bonds is 3. The highest BCUT2D eigenvalue weighted by atomic mass is 35.5. The standard InChI is InChI=1S/C13H16Cl3NO2S/c14-9-10-7-11(15)8-12(13(10)16)20(18,19)17-5-3-1-2-4-6-17/h7-8H,1-6,9H2. The van der Waals surface area contributed by atoms with E-state index >= 15 is 0 Å². The fourth-order valence-corrected chi connectivity index (χ4v) is 5.03. The lowest BCUT2D eigenvalue weighted by Crippen LogP contribution is -2.32. The summed E-state index contributed by atoms with van der Waals surface area (Å²) in [6.07, 6.45) is 3.87. The number of alkyl halides is 1. The van der Waals surface area contributed by atoms with Crippen molar-refractivity contribution in [1.82, 2.24) is 4.31 Å². The Hall–Kier alpha value is -0.000000000000000132. The predicted octanol–water partition coefficient (Wildman–Crippen LogP) is 4.30. The van der Waals surface area contributed by atoms with Crippen molar-refractivity contribution in [2.75, 3.05) is 13.1 Å². The lowest BCUT2D eigenvalue weighted by atomic mass is 10.2. The molecular weight excluding hydrogens is 341 g/mol. The molecule has 0 aromatic heterocycles. The molecule has 7 heteroatoms. The normalized spacial score (nSPS) is 17.9. The van der Waals surface area contributed by atoms with Crippen LogP contribution >= 0.6 is 34.8 Å². The van der Waals surface area contributed by atoms with Crippen molar-refractivity contribution in [1.29, 1.82) is 0 Å². The van der Waals surface area contributed by atoms with Crippen LogP contribution in [0.1, 0.15) is 31.2 Å². The van der Waals surface area contributed by atoms with Crippen LogP contribution in [0.2, 0.25) is 10.0 Å². The van der Waals surface area contributed by atoms with E-state index in [0.717, 1.165) is 25.7 Å². The Morgan fingerprint density at radius 3 is 2.20 bits per heavy atom. The summed E-state index contributed by atoms with van der Waals surface area (Å²) in [6.45, 7) is 1.06. The minimum Gasteiger partial charge on any atom is -0.207 e. The first-order chi connectivity index (χ1) is 9.46. The number of sulfonamides is 1. The molecule has 0 bridgehead atoms. The Bertz CT molecular complexity index is 582. The largest absolute Gasteiger partial charge is 0.244 e. The van der Waals surface area contributed by atoms with E-state index in [1.807, 2.05) is 0 Å². The summed E-state index contributed by atoms with van der Waals surface area (Å²) >= 11 is 17.9. The van der Waals surface area contributed by atoms with Gasteiger partial charge in [-0.25, -0.2) is 8.42 Å². The maximum atomic E-state index is 12.7. The van der Waals surface area contributed by atoms with Gasteiger partial charge in [-0.2, -0.15) is 4.31 Å². The van der Waals surface area contributed by atoms with Gasteiger partial charge in [0.15, 0.2) is 0 Å². The Morgan fingerprint density at radius 2 is 1.65 bits per heavy atom.